The zero-order valence-electron chi connectivity index (χ0n) is 14.7. The van der Waals surface area contributed by atoms with Crippen LogP contribution >= 0.6 is 0 Å². The lowest BCUT2D eigenvalue weighted by Gasteiger charge is -2.21. The fraction of sp³-hybridized carbons (Fsp3) is 0.333. The molecule has 0 saturated carbocycles. The number of benzene rings is 1. The highest BCUT2D eigenvalue weighted by atomic mass is 16.6. The minimum absolute atomic E-state index is 0.449. The number of nitrogens with zero attached hydrogens (tertiary/aromatic N) is 2. The van der Waals surface area contributed by atoms with Gasteiger partial charge < -0.3 is 10.1 Å². The average Bonchev–Trinajstić information content (AvgIpc) is 2.53. The van der Waals surface area contributed by atoms with Crippen LogP contribution in [0.4, 0.5) is 4.79 Å². The Labute approximate surface area is 146 Å². The quantitative estimate of drug-likeness (QED) is 0.660. The number of hydrogen-bond donors (Lipinski definition) is 2. The summed E-state index contributed by atoms with van der Waals surface area (Å²) < 4.78 is 5.10. The minimum Gasteiger partial charge on any atom is -0.444 e. The summed E-state index contributed by atoms with van der Waals surface area (Å²) >= 11 is 0. The van der Waals surface area contributed by atoms with Gasteiger partial charge in [0.15, 0.2) is 0 Å². The third kappa shape index (κ3) is 5.56. The van der Waals surface area contributed by atoms with E-state index < -0.39 is 23.6 Å². The fourth-order valence-electron chi connectivity index (χ4n) is 2.04. The van der Waals surface area contributed by atoms with E-state index in [0.29, 0.717) is 0 Å². The first kappa shape index (κ1) is 18.4. The van der Waals surface area contributed by atoms with Crippen molar-refractivity contribution in [3.8, 4) is 0 Å². The molecule has 1 aromatic carbocycles. The van der Waals surface area contributed by atoms with E-state index in [1.54, 1.807) is 33.9 Å². The van der Waals surface area contributed by atoms with Gasteiger partial charge in [-0.3, -0.25) is 9.78 Å². The number of pyridine rings is 1. The van der Waals surface area contributed by atoms with Gasteiger partial charge in [-0.1, -0.05) is 24.3 Å². The van der Waals surface area contributed by atoms with Crippen molar-refractivity contribution in [1.82, 2.24) is 15.7 Å². The van der Waals surface area contributed by atoms with Crippen molar-refractivity contribution in [2.24, 2.45) is 5.10 Å². The highest BCUT2D eigenvalue weighted by molar-refractivity contribution is 5.97. The zero-order chi connectivity index (χ0) is 18.4. The van der Waals surface area contributed by atoms with E-state index in [9.17, 15) is 9.59 Å². The third-order valence-electron chi connectivity index (χ3n) is 3.17. The van der Waals surface area contributed by atoms with Crippen LogP contribution in [0.5, 0.6) is 0 Å². The molecule has 0 bridgehead atoms. The lowest BCUT2D eigenvalue weighted by Crippen LogP contribution is -2.45. The number of nitrogens with one attached hydrogen (secondary N) is 2. The highest BCUT2D eigenvalue weighted by Crippen LogP contribution is 2.13. The summed E-state index contributed by atoms with van der Waals surface area (Å²) in [5, 5.41) is 7.38. The van der Waals surface area contributed by atoms with Gasteiger partial charge >= 0.3 is 6.09 Å². The van der Waals surface area contributed by atoms with Gasteiger partial charge in [-0.25, -0.2) is 10.2 Å². The summed E-state index contributed by atoms with van der Waals surface area (Å²) in [7, 11) is 0. The number of para-hydroxylation sites is 1. The molecule has 7 nitrogen and oxygen atoms in total. The Hall–Kier alpha value is -2.96. The fourth-order valence-corrected chi connectivity index (χ4v) is 2.04. The standard InChI is InChI=1S/C18H22N4O3/c1-12(21-17(24)25-18(2,3)4)16(23)22-20-11-14-8-5-7-13-9-6-10-19-15(13)14/h5-12H,1-4H3,(H,21,24)(H,22,23)/b20-11-/t12-/m0/s1. The topological polar surface area (TPSA) is 92.7 Å². The van der Waals surface area contributed by atoms with E-state index in [-0.39, 0.29) is 0 Å². The number of aromatic nitrogens is 1. The number of hydrazone groups is 1. The first-order chi connectivity index (χ1) is 11.8. The molecule has 1 heterocycles. The highest BCUT2D eigenvalue weighted by Gasteiger charge is 2.20. The SMILES string of the molecule is C[C@H](NC(=O)OC(C)(C)C)C(=O)N/N=C\c1cccc2cccnc12. The largest absolute Gasteiger partial charge is 0.444 e. The maximum atomic E-state index is 12.0. The van der Waals surface area contributed by atoms with Gasteiger partial charge in [0.1, 0.15) is 11.6 Å². The second-order valence-corrected chi connectivity index (χ2v) is 6.52. The predicted molar refractivity (Wildman–Crippen MR) is 96.3 cm³/mol. The number of hydrogen-bond acceptors (Lipinski definition) is 5. The predicted octanol–water partition coefficient (Wildman–Crippen LogP) is 2.60. The second-order valence-electron chi connectivity index (χ2n) is 6.52. The third-order valence-corrected chi connectivity index (χ3v) is 3.17. The Kier molecular flexibility index (Phi) is 5.69. The summed E-state index contributed by atoms with van der Waals surface area (Å²) in [6.07, 6.45) is 2.57. The molecular weight excluding hydrogens is 320 g/mol. The van der Waals surface area contributed by atoms with E-state index >= 15 is 0 Å². The Morgan fingerprint density at radius 3 is 2.68 bits per heavy atom. The Morgan fingerprint density at radius 2 is 1.96 bits per heavy atom. The van der Waals surface area contributed by atoms with Crippen LogP contribution in [-0.2, 0) is 9.53 Å². The second kappa shape index (κ2) is 7.74. The smallest absolute Gasteiger partial charge is 0.408 e. The van der Waals surface area contributed by atoms with Gasteiger partial charge in [-0.2, -0.15) is 5.10 Å². The van der Waals surface area contributed by atoms with Crippen molar-refractivity contribution in [3.63, 3.8) is 0 Å². The van der Waals surface area contributed by atoms with Crippen molar-refractivity contribution in [3.05, 3.63) is 42.1 Å². The van der Waals surface area contributed by atoms with Crippen LogP contribution in [0.15, 0.2) is 41.6 Å². The molecule has 0 fully saturated rings. The summed E-state index contributed by atoms with van der Waals surface area (Å²) in [5.74, 6) is -0.449. The van der Waals surface area contributed by atoms with E-state index in [1.165, 1.54) is 6.21 Å². The number of fused-ring (bicyclic) bond motifs is 1. The van der Waals surface area contributed by atoms with E-state index in [2.05, 4.69) is 20.8 Å². The number of amides is 2. The molecule has 0 aliphatic carbocycles. The number of rotatable bonds is 4. The lowest BCUT2D eigenvalue weighted by molar-refractivity contribution is -0.122. The van der Waals surface area contributed by atoms with Crippen molar-refractivity contribution in [2.45, 2.75) is 39.3 Å². The molecule has 7 heteroatoms. The van der Waals surface area contributed by atoms with Crippen LogP contribution in [0.2, 0.25) is 0 Å². The van der Waals surface area contributed by atoms with Gasteiger partial charge in [-0.15, -0.1) is 0 Å². The van der Waals surface area contributed by atoms with Gasteiger partial charge in [-0.05, 0) is 33.8 Å². The molecule has 25 heavy (non-hydrogen) atoms. The normalized spacial score (nSPS) is 12.8. The molecule has 2 aromatic rings. The summed E-state index contributed by atoms with van der Waals surface area (Å²) in [6.45, 7) is 6.80. The lowest BCUT2D eigenvalue weighted by atomic mass is 10.1. The molecule has 132 valence electrons. The Balaban J connectivity index is 1.94. The average molecular weight is 342 g/mol. The van der Waals surface area contributed by atoms with Crippen molar-refractivity contribution in [2.75, 3.05) is 0 Å². The molecule has 2 amide bonds. The van der Waals surface area contributed by atoms with Gasteiger partial charge in [0.05, 0.1) is 11.7 Å². The molecule has 0 aliphatic heterocycles. The van der Waals surface area contributed by atoms with Crippen LogP contribution in [0, 0.1) is 0 Å². The molecule has 0 saturated heterocycles. The zero-order valence-corrected chi connectivity index (χ0v) is 14.7. The summed E-state index contributed by atoms with van der Waals surface area (Å²) in [6, 6.07) is 8.72. The Morgan fingerprint density at radius 1 is 1.24 bits per heavy atom. The number of alkyl carbamates (subject to hydrolysis) is 1. The summed E-state index contributed by atoms with van der Waals surface area (Å²) in [4.78, 5) is 28.0. The van der Waals surface area contributed by atoms with E-state index in [0.717, 1.165) is 16.5 Å². The summed E-state index contributed by atoms with van der Waals surface area (Å²) in [5.41, 5.74) is 3.35. The number of carbonyl (C=O) groups excluding carboxylic acids is 2. The molecule has 1 aromatic heterocycles. The number of ether oxygens (including phenoxy) is 1. The molecule has 0 spiro atoms. The maximum Gasteiger partial charge on any atom is 0.408 e. The van der Waals surface area contributed by atoms with Crippen LogP contribution in [0.3, 0.4) is 0 Å². The van der Waals surface area contributed by atoms with Crippen LogP contribution in [0.25, 0.3) is 10.9 Å². The van der Waals surface area contributed by atoms with Crippen molar-refractivity contribution in [1.29, 1.82) is 0 Å². The van der Waals surface area contributed by atoms with Crippen LogP contribution in [0.1, 0.15) is 33.3 Å². The van der Waals surface area contributed by atoms with Gasteiger partial charge in [0.2, 0.25) is 0 Å². The molecule has 0 unspecified atom stereocenters. The van der Waals surface area contributed by atoms with Crippen molar-refractivity contribution >= 4 is 29.1 Å². The van der Waals surface area contributed by atoms with E-state index in [1.807, 2.05) is 30.3 Å². The Bertz CT molecular complexity index is 791. The minimum atomic E-state index is -0.780. The van der Waals surface area contributed by atoms with Crippen LogP contribution in [-0.4, -0.2) is 34.8 Å². The molecule has 1 atom stereocenters. The van der Waals surface area contributed by atoms with Crippen LogP contribution < -0.4 is 10.7 Å². The monoisotopic (exact) mass is 342 g/mol. The molecule has 2 rings (SSSR count). The van der Waals surface area contributed by atoms with Gasteiger partial charge in [0, 0.05) is 17.1 Å². The van der Waals surface area contributed by atoms with Gasteiger partial charge in [0.25, 0.3) is 5.91 Å². The van der Waals surface area contributed by atoms with E-state index in [4.69, 9.17) is 4.74 Å². The molecule has 2 N–H and O–H groups in total. The molecule has 0 aliphatic rings. The van der Waals surface area contributed by atoms with Crippen molar-refractivity contribution < 1.29 is 14.3 Å². The first-order valence-corrected chi connectivity index (χ1v) is 7.92. The first-order valence-electron chi connectivity index (χ1n) is 7.92. The molecular formula is C18H22N4O3. The maximum absolute atomic E-state index is 12.0. The number of carbonyl (C=O) groups is 2. The molecule has 0 radical (unpaired) electrons.